The molecule has 1 aliphatic heterocycles. The molecule has 0 fully saturated rings. The van der Waals surface area contributed by atoms with Gasteiger partial charge in [-0.3, -0.25) is 10.3 Å². The molecule has 9 heteroatoms. The summed E-state index contributed by atoms with van der Waals surface area (Å²) in [6, 6.07) is 6.73. The number of carbonyl (C=O) groups excluding carboxylic acids is 1. The lowest BCUT2D eigenvalue weighted by Gasteiger charge is -2.32. The van der Waals surface area contributed by atoms with Crippen molar-refractivity contribution < 1.29 is 23.0 Å². The lowest BCUT2D eigenvalue weighted by Crippen LogP contribution is -2.66. The molecule has 0 bridgehead atoms. The van der Waals surface area contributed by atoms with Gasteiger partial charge in [0.15, 0.2) is 11.5 Å². The van der Waals surface area contributed by atoms with Gasteiger partial charge in [0.25, 0.3) is 0 Å². The fraction of sp³-hybridized carbons (Fsp3) is 0.250. The summed E-state index contributed by atoms with van der Waals surface area (Å²) in [6.07, 6.45) is 3.13. The molecule has 6 nitrogen and oxygen atoms in total. The van der Waals surface area contributed by atoms with E-state index in [-0.39, 0.29) is 18.0 Å². The Kier molecular flexibility index (Phi) is 4.38. The number of aromatic nitrogens is 1. The van der Waals surface area contributed by atoms with Gasteiger partial charge in [-0.1, -0.05) is 17.7 Å². The minimum atomic E-state index is -3.54. The number of benzene rings is 1. The topological polar surface area (TPSA) is 72.5 Å². The molecule has 0 radical (unpaired) electrons. The number of nitrogens with one attached hydrogen (secondary N) is 2. The van der Waals surface area contributed by atoms with Crippen molar-refractivity contribution in [2.45, 2.75) is 25.3 Å². The molecular weight excluding hydrogens is 356 g/mol. The molecule has 0 spiro atoms. The molecule has 0 saturated heterocycles. The predicted octanol–water partition coefficient (Wildman–Crippen LogP) is 3.31. The molecule has 1 aliphatic rings. The van der Waals surface area contributed by atoms with Crippen LogP contribution in [0, 0.1) is 0 Å². The quantitative estimate of drug-likeness (QED) is 0.867. The van der Waals surface area contributed by atoms with Crippen LogP contribution in [0.4, 0.5) is 13.6 Å². The van der Waals surface area contributed by atoms with Gasteiger partial charge in [0.1, 0.15) is 0 Å². The zero-order valence-electron chi connectivity index (χ0n) is 13.1. The number of halogens is 3. The third-order valence-corrected chi connectivity index (χ3v) is 3.68. The van der Waals surface area contributed by atoms with Gasteiger partial charge in [0.05, 0.1) is 0 Å². The maximum absolute atomic E-state index is 14.1. The number of pyridine rings is 1. The second-order valence-electron chi connectivity index (χ2n) is 5.47. The Morgan fingerprint density at radius 2 is 2.08 bits per heavy atom. The van der Waals surface area contributed by atoms with Crippen molar-refractivity contribution in [3.05, 3.63) is 53.3 Å². The molecule has 0 saturated carbocycles. The number of nitrogens with zero attached hydrogens (tertiary/aromatic N) is 1. The predicted molar refractivity (Wildman–Crippen MR) is 85.7 cm³/mol. The average molecular weight is 370 g/mol. The zero-order valence-corrected chi connectivity index (χ0v) is 13.8. The standard InChI is InChI=1S/C16H14ClF2N3O3/c1-15(18,19)16(24-12-5-4-11(17)7-13(12)25-16)22-14(23)21-9-10-3-2-6-20-8-10/h2-8H,9H2,1H3,(H2,21,22,23). The first-order chi connectivity index (χ1) is 11.8. The second kappa shape index (κ2) is 6.36. The Bertz CT molecular complexity index is 786. The molecule has 2 amide bonds. The summed E-state index contributed by atoms with van der Waals surface area (Å²) in [4.78, 5) is 16.0. The van der Waals surface area contributed by atoms with Gasteiger partial charge in [0.2, 0.25) is 0 Å². The summed E-state index contributed by atoms with van der Waals surface area (Å²) >= 11 is 5.83. The highest BCUT2D eigenvalue weighted by Gasteiger charge is 2.61. The fourth-order valence-electron chi connectivity index (χ4n) is 2.20. The van der Waals surface area contributed by atoms with Gasteiger partial charge in [-0.15, -0.1) is 0 Å². The first-order valence-corrected chi connectivity index (χ1v) is 7.67. The van der Waals surface area contributed by atoms with Gasteiger partial charge in [-0.05, 0) is 23.8 Å². The number of carbonyl (C=O) groups is 1. The lowest BCUT2D eigenvalue weighted by atomic mass is 10.2. The monoisotopic (exact) mass is 369 g/mol. The molecule has 25 heavy (non-hydrogen) atoms. The number of urea groups is 1. The van der Waals surface area contributed by atoms with E-state index in [1.807, 2.05) is 0 Å². The number of amides is 2. The molecular formula is C16H14ClF2N3O3. The Morgan fingerprint density at radius 1 is 1.32 bits per heavy atom. The summed E-state index contributed by atoms with van der Waals surface area (Å²) in [5.74, 6) is -6.14. The summed E-state index contributed by atoms with van der Waals surface area (Å²) < 4.78 is 38.7. The molecule has 2 N–H and O–H groups in total. The third-order valence-electron chi connectivity index (χ3n) is 3.45. The van der Waals surface area contributed by atoms with Crippen LogP contribution in [-0.4, -0.2) is 22.8 Å². The number of fused-ring (bicyclic) bond motifs is 1. The van der Waals surface area contributed by atoms with E-state index in [4.69, 9.17) is 21.1 Å². The molecule has 1 aromatic heterocycles. The Morgan fingerprint density at radius 3 is 2.76 bits per heavy atom. The molecule has 3 rings (SSSR count). The second-order valence-corrected chi connectivity index (χ2v) is 5.91. The number of alkyl halides is 2. The van der Waals surface area contributed by atoms with E-state index in [2.05, 4.69) is 15.6 Å². The smallest absolute Gasteiger partial charge is 0.406 e. The molecule has 0 aliphatic carbocycles. The van der Waals surface area contributed by atoms with Crippen molar-refractivity contribution in [3.8, 4) is 11.5 Å². The maximum Gasteiger partial charge on any atom is 0.406 e. The molecule has 1 atom stereocenters. The van der Waals surface area contributed by atoms with Crippen molar-refractivity contribution in [1.82, 2.24) is 15.6 Å². The van der Waals surface area contributed by atoms with E-state index >= 15 is 0 Å². The van der Waals surface area contributed by atoms with Crippen molar-refractivity contribution in [3.63, 3.8) is 0 Å². The van der Waals surface area contributed by atoms with Crippen LogP contribution in [0.15, 0.2) is 42.7 Å². The van der Waals surface area contributed by atoms with Crippen LogP contribution in [0.25, 0.3) is 0 Å². The van der Waals surface area contributed by atoms with Crippen molar-refractivity contribution in [2.75, 3.05) is 0 Å². The molecule has 2 heterocycles. The molecule has 1 unspecified atom stereocenters. The van der Waals surface area contributed by atoms with Crippen LogP contribution in [0.1, 0.15) is 12.5 Å². The number of ether oxygens (including phenoxy) is 2. The van der Waals surface area contributed by atoms with Crippen LogP contribution in [0.5, 0.6) is 11.5 Å². The van der Waals surface area contributed by atoms with Crippen LogP contribution in [-0.2, 0) is 6.54 Å². The highest BCUT2D eigenvalue weighted by molar-refractivity contribution is 6.30. The molecule has 132 valence electrons. The fourth-order valence-corrected chi connectivity index (χ4v) is 2.36. The van der Waals surface area contributed by atoms with Gasteiger partial charge < -0.3 is 14.8 Å². The Labute approximate surface area is 147 Å². The maximum atomic E-state index is 14.1. The largest absolute Gasteiger partial charge is 0.427 e. The van der Waals surface area contributed by atoms with E-state index < -0.39 is 17.9 Å². The van der Waals surface area contributed by atoms with E-state index in [0.717, 1.165) is 0 Å². The lowest BCUT2D eigenvalue weighted by molar-refractivity contribution is -0.247. The van der Waals surface area contributed by atoms with Gasteiger partial charge in [0, 0.05) is 37.0 Å². The summed E-state index contributed by atoms with van der Waals surface area (Å²) in [5.41, 5.74) is 0.707. The van der Waals surface area contributed by atoms with Crippen molar-refractivity contribution in [1.29, 1.82) is 0 Å². The van der Waals surface area contributed by atoms with Gasteiger partial charge in [-0.25, -0.2) is 4.79 Å². The van der Waals surface area contributed by atoms with E-state index in [1.54, 1.807) is 24.5 Å². The summed E-state index contributed by atoms with van der Waals surface area (Å²) in [6.45, 7) is 0.686. The normalized spacial score (nSPS) is 18.7. The highest BCUT2D eigenvalue weighted by Crippen LogP contribution is 2.45. The Balaban J connectivity index is 1.74. The number of rotatable bonds is 4. The highest BCUT2D eigenvalue weighted by atomic mass is 35.5. The van der Waals surface area contributed by atoms with Crippen LogP contribution in [0.3, 0.4) is 0 Å². The van der Waals surface area contributed by atoms with Crippen LogP contribution < -0.4 is 20.1 Å². The van der Waals surface area contributed by atoms with Crippen molar-refractivity contribution >= 4 is 17.6 Å². The first-order valence-electron chi connectivity index (χ1n) is 7.29. The first kappa shape index (κ1) is 17.2. The van der Waals surface area contributed by atoms with Gasteiger partial charge in [-0.2, -0.15) is 8.78 Å². The molecule has 1 aromatic carbocycles. The van der Waals surface area contributed by atoms with E-state index in [0.29, 0.717) is 17.5 Å². The van der Waals surface area contributed by atoms with E-state index in [9.17, 15) is 13.6 Å². The average Bonchev–Trinajstić information content (AvgIpc) is 2.92. The SMILES string of the molecule is CC(F)(F)C1(NC(=O)NCc2cccnc2)Oc2ccc(Cl)cc2O1. The summed E-state index contributed by atoms with van der Waals surface area (Å²) in [7, 11) is 0. The number of hydrogen-bond acceptors (Lipinski definition) is 4. The molecule has 2 aromatic rings. The third kappa shape index (κ3) is 3.58. The zero-order chi connectivity index (χ0) is 18.1. The van der Waals surface area contributed by atoms with Crippen LogP contribution in [0.2, 0.25) is 5.02 Å². The minimum Gasteiger partial charge on any atom is -0.427 e. The minimum absolute atomic E-state index is 0.0154. The van der Waals surface area contributed by atoms with Gasteiger partial charge >= 0.3 is 17.9 Å². The Hall–Kier alpha value is -2.61. The van der Waals surface area contributed by atoms with Crippen molar-refractivity contribution in [2.24, 2.45) is 0 Å². The van der Waals surface area contributed by atoms with E-state index in [1.165, 1.54) is 18.2 Å². The number of hydrogen-bond donors (Lipinski definition) is 2. The summed E-state index contributed by atoms with van der Waals surface area (Å²) in [5, 5.41) is 4.80. The van der Waals surface area contributed by atoms with Crippen LogP contribution >= 0.6 is 11.6 Å².